The quantitative estimate of drug-likeness (QED) is 0.858. The van der Waals surface area contributed by atoms with E-state index in [0.717, 1.165) is 25.8 Å². The second-order valence-corrected chi connectivity index (χ2v) is 4.78. The molecule has 2 N–H and O–H groups in total. The SMILES string of the molecule is Cc1ccc(C[C@H]2CCCN2C(=O)CN)cc1. The van der Waals surface area contributed by atoms with Crippen LogP contribution in [0.2, 0.25) is 0 Å². The molecule has 2 rings (SSSR count). The zero-order chi connectivity index (χ0) is 12.3. The molecule has 3 heteroatoms. The molecule has 1 aromatic carbocycles. The van der Waals surface area contributed by atoms with Crippen LogP contribution < -0.4 is 5.73 Å². The second kappa shape index (κ2) is 5.32. The molecule has 1 amide bonds. The number of carbonyl (C=O) groups excluding carboxylic acids is 1. The minimum Gasteiger partial charge on any atom is -0.338 e. The summed E-state index contributed by atoms with van der Waals surface area (Å²) >= 11 is 0. The van der Waals surface area contributed by atoms with Crippen LogP contribution in [-0.2, 0) is 11.2 Å². The van der Waals surface area contributed by atoms with Crippen LogP contribution in [0.5, 0.6) is 0 Å². The lowest BCUT2D eigenvalue weighted by atomic mass is 10.0. The summed E-state index contributed by atoms with van der Waals surface area (Å²) < 4.78 is 0. The maximum atomic E-state index is 11.7. The summed E-state index contributed by atoms with van der Waals surface area (Å²) in [5.41, 5.74) is 8.01. The number of likely N-dealkylation sites (tertiary alicyclic amines) is 1. The van der Waals surface area contributed by atoms with Gasteiger partial charge in [0.1, 0.15) is 0 Å². The molecule has 1 aliphatic heterocycles. The highest BCUT2D eigenvalue weighted by atomic mass is 16.2. The zero-order valence-electron chi connectivity index (χ0n) is 10.4. The Bertz CT molecular complexity index is 386. The van der Waals surface area contributed by atoms with Gasteiger partial charge in [-0.3, -0.25) is 4.79 Å². The second-order valence-electron chi connectivity index (χ2n) is 4.78. The van der Waals surface area contributed by atoms with Gasteiger partial charge < -0.3 is 10.6 Å². The van der Waals surface area contributed by atoms with Gasteiger partial charge in [-0.2, -0.15) is 0 Å². The third-order valence-electron chi connectivity index (χ3n) is 3.46. The smallest absolute Gasteiger partial charge is 0.236 e. The van der Waals surface area contributed by atoms with Gasteiger partial charge in [0, 0.05) is 12.6 Å². The van der Waals surface area contributed by atoms with Crippen molar-refractivity contribution >= 4 is 5.91 Å². The Morgan fingerprint density at radius 1 is 1.41 bits per heavy atom. The first-order chi connectivity index (χ1) is 8.20. The largest absolute Gasteiger partial charge is 0.338 e. The van der Waals surface area contributed by atoms with E-state index in [2.05, 4.69) is 31.2 Å². The van der Waals surface area contributed by atoms with Crippen molar-refractivity contribution in [2.24, 2.45) is 5.73 Å². The van der Waals surface area contributed by atoms with E-state index < -0.39 is 0 Å². The van der Waals surface area contributed by atoms with Crippen LogP contribution in [0.4, 0.5) is 0 Å². The van der Waals surface area contributed by atoms with Crippen LogP contribution >= 0.6 is 0 Å². The highest BCUT2D eigenvalue weighted by Crippen LogP contribution is 2.21. The molecule has 0 saturated carbocycles. The van der Waals surface area contributed by atoms with Crippen LogP contribution in [0.1, 0.15) is 24.0 Å². The van der Waals surface area contributed by atoms with Gasteiger partial charge in [-0.05, 0) is 31.7 Å². The van der Waals surface area contributed by atoms with E-state index in [1.54, 1.807) is 0 Å². The molecule has 1 fully saturated rings. The van der Waals surface area contributed by atoms with Crippen molar-refractivity contribution in [3.05, 3.63) is 35.4 Å². The number of hydrogen-bond acceptors (Lipinski definition) is 2. The van der Waals surface area contributed by atoms with Crippen LogP contribution in [0.3, 0.4) is 0 Å². The van der Waals surface area contributed by atoms with Crippen molar-refractivity contribution in [2.45, 2.75) is 32.2 Å². The van der Waals surface area contributed by atoms with Crippen molar-refractivity contribution in [1.82, 2.24) is 4.90 Å². The molecule has 0 bridgehead atoms. The molecule has 1 atom stereocenters. The number of nitrogens with two attached hydrogens (primary N) is 1. The monoisotopic (exact) mass is 232 g/mol. The van der Waals surface area contributed by atoms with Gasteiger partial charge in [-0.25, -0.2) is 0 Å². The van der Waals surface area contributed by atoms with Crippen LogP contribution in [-0.4, -0.2) is 29.9 Å². The minimum absolute atomic E-state index is 0.0830. The molecular weight excluding hydrogens is 212 g/mol. The Morgan fingerprint density at radius 3 is 2.76 bits per heavy atom. The third-order valence-corrected chi connectivity index (χ3v) is 3.46. The predicted octanol–water partition coefficient (Wildman–Crippen LogP) is 1.49. The van der Waals surface area contributed by atoms with Gasteiger partial charge >= 0.3 is 0 Å². The first-order valence-electron chi connectivity index (χ1n) is 6.26. The van der Waals surface area contributed by atoms with E-state index in [4.69, 9.17) is 5.73 Å². The Labute approximate surface area is 103 Å². The Kier molecular flexibility index (Phi) is 3.79. The average molecular weight is 232 g/mol. The minimum atomic E-state index is 0.0830. The summed E-state index contributed by atoms with van der Waals surface area (Å²) in [6, 6.07) is 8.89. The molecule has 1 heterocycles. The number of benzene rings is 1. The summed E-state index contributed by atoms with van der Waals surface area (Å²) in [4.78, 5) is 13.6. The van der Waals surface area contributed by atoms with Gasteiger partial charge in [0.2, 0.25) is 5.91 Å². The van der Waals surface area contributed by atoms with Crippen LogP contribution in [0, 0.1) is 6.92 Å². The van der Waals surface area contributed by atoms with Crippen LogP contribution in [0.25, 0.3) is 0 Å². The number of hydrogen-bond donors (Lipinski definition) is 1. The molecule has 0 unspecified atom stereocenters. The molecule has 0 radical (unpaired) electrons. The van der Waals surface area contributed by atoms with Crippen LogP contribution in [0.15, 0.2) is 24.3 Å². The lowest BCUT2D eigenvalue weighted by molar-refractivity contribution is -0.130. The van der Waals surface area contributed by atoms with E-state index in [1.807, 2.05) is 4.90 Å². The maximum Gasteiger partial charge on any atom is 0.236 e. The van der Waals surface area contributed by atoms with Gasteiger partial charge in [0.25, 0.3) is 0 Å². The molecule has 3 nitrogen and oxygen atoms in total. The number of carbonyl (C=O) groups is 1. The van der Waals surface area contributed by atoms with Crippen molar-refractivity contribution in [1.29, 1.82) is 0 Å². The number of amides is 1. The predicted molar refractivity (Wildman–Crippen MR) is 68.7 cm³/mol. The molecule has 1 aliphatic rings. The molecule has 0 aromatic heterocycles. The fourth-order valence-corrected chi connectivity index (χ4v) is 2.49. The Hall–Kier alpha value is -1.35. The highest BCUT2D eigenvalue weighted by molar-refractivity contribution is 5.78. The van der Waals surface area contributed by atoms with Crippen molar-refractivity contribution in [3.8, 4) is 0 Å². The van der Waals surface area contributed by atoms with Gasteiger partial charge in [0.05, 0.1) is 6.54 Å². The highest BCUT2D eigenvalue weighted by Gasteiger charge is 2.27. The molecule has 1 saturated heterocycles. The summed E-state index contributed by atoms with van der Waals surface area (Å²) in [7, 11) is 0. The van der Waals surface area contributed by atoms with Gasteiger partial charge in [-0.15, -0.1) is 0 Å². The third kappa shape index (κ3) is 2.86. The van der Waals surface area contributed by atoms with E-state index in [9.17, 15) is 4.79 Å². The van der Waals surface area contributed by atoms with Crippen molar-refractivity contribution in [3.63, 3.8) is 0 Å². The number of aryl methyl sites for hydroxylation is 1. The number of rotatable bonds is 3. The normalized spacial score (nSPS) is 19.6. The fraction of sp³-hybridized carbons (Fsp3) is 0.500. The number of nitrogens with zero attached hydrogens (tertiary/aromatic N) is 1. The first kappa shape index (κ1) is 12.1. The zero-order valence-corrected chi connectivity index (χ0v) is 10.4. The maximum absolute atomic E-state index is 11.7. The first-order valence-corrected chi connectivity index (χ1v) is 6.26. The fourth-order valence-electron chi connectivity index (χ4n) is 2.49. The lowest BCUT2D eigenvalue weighted by Crippen LogP contribution is -2.40. The Morgan fingerprint density at radius 2 is 2.12 bits per heavy atom. The van der Waals surface area contributed by atoms with Gasteiger partial charge in [0.15, 0.2) is 0 Å². The van der Waals surface area contributed by atoms with E-state index in [0.29, 0.717) is 6.04 Å². The molecule has 17 heavy (non-hydrogen) atoms. The molecule has 1 aromatic rings. The summed E-state index contributed by atoms with van der Waals surface area (Å²) in [6.07, 6.45) is 3.15. The van der Waals surface area contributed by atoms with Crippen molar-refractivity contribution in [2.75, 3.05) is 13.1 Å². The lowest BCUT2D eigenvalue weighted by Gasteiger charge is -2.24. The summed E-state index contributed by atoms with van der Waals surface area (Å²) in [5, 5.41) is 0. The topological polar surface area (TPSA) is 46.3 Å². The molecule has 0 aliphatic carbocycles. The molecule has 0 spiro atoms. The van der Waals surface area contributed by atoms with Gasteiger partial charge in [-0.1, -0.05) is 29.8 Å². The molecular formula is C14H20N2O. The van der Waals surface area contributed by atoms with E-state index in [-0.39, 0.29) is 12.5 Å². The van der Waals surface area contributed by atoms with E-state index in [1.165, 1.54) is 11.1 Å². The Balaban J connectivity index is 2.02. The summed E-state index contributed by atoms with van der Waals surface area (Å²) in [5.74, 6) is 0.0830. The summed E-state index contributed by atoms with van der Waals surface area (Å²) in [6.45, 7) is 3.08. The van der Waals surface area contributed by atoms with E-state index >= 15 is 0 Å². The molecule has 92 valence electrons. The average Bonchev–Trinajstić information content (AvgIpc) is 2.79. The van der Waals surface area contributed by atoms with Crippen molar-refractivity contribution < 1.29 is 4.79 Å². The standard InChI is InChI=1S/C14H20N2O/c1-11-4-6-12(7-5-11)9-13-3-2-8-16(13)14(17)10-15/h4-7,13H,2-3,8-10,15H2,1H3/t13-/m1/s1.